The van der Waals surface area contributed by atoms with Gasteiger partial charge in [0.1, 0.15) is 0 Å². The molecule has 0 spiro atoms. The van der Waals surface area contributed by atoms with Gasteiger partial charge in [0.2, 0.25) is 0 Å². The summed E-state index contributed by atoms with van der Waals surface area (Å²) in [6, 6.07) is 43.4. The van der Waals surface area contributed by atoms with Crippen molar-refractivity contribution < 1.29 is 5.11 Å². The monoisotopic (exact) mass is 377 g/mol. The Labute approximate surface area is 172 Å². The van der Waals surface area contributed by atoms with Gasteiger partial charge in [-0.15, -0.1) is 0 Å². The van der Waals surface area contributed by atoms with Crippen molar-refractivity contribution in [3.8, 4) is 6.26 Å². The van der Waals surface area contributed by atoms with Crippen molar-refractivity contribution in [1.29, 1.82) is 5.26 Å². The van der Waals surface area contributed by atoms with Crippen LogP contribution >= 0.6 is 0 Å². The van der Waals surface area contributed by atoms with Crippen LogP contribution in [0.1, 0.15) is 22.3 Å². The van der Waals surface area contributed by atoms with Crippen molar-refractivity contribution >= 4 is 0 Å². The van der Waals surface area contributed by atoms with E-state index in [1.165, 1.54) is 22.3 Å². The first-order valence-corrected chi connectivity index (χ1v) is 9.55. The smallest absolute Gasteiger partial charge is 0.283 e. The zero-order valence-corrected chi connectivity index (χ0v) is 16.1. The highest BCUT2D eigenvalue weighted by Gasteiger charge is 2.36. The van der Waals surface area contributed by atoms with E-state index in [4.69, 9.17) is 10.4 Å². The number of benzene rings is 4. The Hall–Kier alpha value is -3.83. The fourth-order valence-corrected chi connectivity index (χ4v) is 3.88. The predicted molar refractivity (Wildman–Crippen MR) is 117 cm³/mol. The van der Waals surface area contributed by atoms with Gasteiger partial charge in [-0.1, -0.05) is 121 Å². The second-order valence-corrected chi connectivity index (χ2v) is 6.77. The molecule has 0 heterocycles. The molecule has 4 aromatic rings. The number of hydrogen-bond acceptors (Lipinski definition) is 2. The summed E-state index contributed by atoms with van der Waals surface area (Å²) in [6.45, 7) is 0. The Morgan fingerprint density at radius 3 is 1.14 bits per heavy atom. The van der Waals surface area contributed by atoms with Crippen LogP contribution in [0.2, 0.25) is 0 Å². The molecule has 0 saturated carbocycles. The third-order valence-electron chi connectivity index (χ3n) is 5.11. The first kappa shape index (κ1) is 19.9. The topological polar surface area (TPSA) is 44.0 Å². The summed E-state index contributed by atoms with van der Waals surface area (Å²) in [5.74, 6) is 0. The molecule has 0 aromatic heterocycles. The van der Waals surface area contributed by atoms with Crippen molar-refractivity contribution in [1.82, 2.24) is 0 Å². The van der Waals surface area contributed by atoms with E-state index in [2.05, 4.69) is 121 Å². The molecule has 0 fully saturated rings. The van der Waals surface area contributed by atoms with Crippen LogP contribution in [-0.4, -0.2) is 5.11 Å². The van der Waals surface area contributed by atoms with Crippen LogP contribution in [0.4, 0.5) is 0 Å². The Balaban J connectivity index is 0.000000755. The normalized spacial score (nSPS) is 10.3. The number of aliphatic hydroxyl groups is 1. The van der Waals surface area contributed by atoms with Crippen molar-refractivity contribution in [2.75, 3.05) is 0 Å². The van der Waals surface area contributed by atoms with Gasteiger partial charge in [0.05, 0.1) is 0 Å². The van der Waals surface area contributed by atoms with Gasteiger partial charge < -0.3 is 5.11 Å². The molecule has 0 saturated heterocycles. The highest BCUT2D eigenvalue weighted by atomic mass is 16.2. The Morgan fingerprint density at radius 1 is 0.552 bits per heavy atom. The minimum atomic E-state index is -0.217. The zero-order valence-electron chi connectivity index (χ0n) is 16.1. The zero-order chi connectivity index (χ0) is 20.4. The van der Waals surface area contributed by atoms with Gasteiger partial charge in [0.15, 0.2) is 0 Å². The van der Waals surface area contributed by atoms with E-state index >= 15 is 0 Å². The van der Waals surface area contributed by atoms with E-state index < -0.39 is 0 Å². The van der Waals surface area contributed by atoms with Crippen molar-refractivity contribution in [2.45, 2.75) is 11.8 Å². The molecule has 0 radical (unpaired) electrons. The number of aliphatic hydroxyl groups excluding tert-OH is 1. The van der Waals surface area contributed by atoms with E-state index in [0.29, 0.717) is 0 Å². The molecule has 0 unspecified atom stereocenters. The maximum atomic E-state index is 6.88. The molecule has 0 aliphatic rings. The number of hydrogen-bond donors (Lipinski definition) is 1. The van der Waals surface area contributed by atoms with Crippen LogP contribution < -0.4 is 0 Å². The molecule has 0 bridgehead atoms. The van der Waals surface area contributed by atoms with Gasteiger partial charge in [0.25, 0.3) is 6.26 Å². The summed E-state index contributed by atoms with van der Waals surface area (Å²) in [5, 5.41) is 13.8. The summed E-state index contributed by atoms with van der Waals surface area (Å²) >= 11 is 0. The first-order chi connectivity index (χ1) is 14.3. The summed E-state index contributed by atoms with van der Waals surface area (Å²) in [5.41, 5.74) is 5.08. The van der Waals surface area contributed by atoms with Crippen LogP contribution in [0.15, 0.2) is 121 Å². The van der Waals surface area contributed by atoms with Crippen LogP contribution in [0.5, 0.6) is 0 Å². The van der Waals surface area contributed by atoms with Gasteiger partial charge in [-0.25, -0.2) is 0 Å². The van der Waals surface area contributed by atoms with E-state index in [-0.39, 0.29) is 5.41 Å². The Morgan fingerprint density at radius 2 is 0.828 bits per heavy atom. The third-order valence-corrected chi connectivity index (χ3v) is 5.11. The fourth-order valence-electron chi connectivity index (χ4n) is 3.88. The second kappa shape index (κ2) is 9.92. The summed E-state index contributed by atoms with van der Waals surface area (Å²) in [4.78, 5) is 0. The van der Waals surface area contributed by atoms with E-state index in [0.717, 1.165) is 12.7 Å². The van der Waals surface area contributed by atoms with E-state index in [9.17, 15) is 0 Å². The molecule has 2 nitrogen and oxygen atoms in total. The second-order valence-electron chi connectivity index (χ2n) is 6.77. The lowest BCUT2D eigenvalue weighted by molar-refractivity contribution is 0.503. The third kappa shape index (κ3) is 4.54. The lowest BCUT2D eigenvalue weighted by atomic mass is 9.66. The van der Waals surface area contributed by atoms with Gasteiger partial charge in [-0.05, 0) is 28.7 Å². The van der Waals surface area contributed by atoms with Gasteiger partial charge in [0, 0.05) is 5.41 Å². The van der Waals surface area contributed by atoms with Crippen LogP contribution in [0, 0.1) is 11.5 Å². The fraction of sp³-hybridized carbons (Fsp3) is 0.0741. The van der Waals surface area contributed by atoms with Crippen molar-refractivity contribution in [3.63, 3.8) is 0 Å². The highest BCUT2D eigenvalue weighted by molar-refractivity contribution is 5.52. The average Bonchev–Trinajstić information content (AvgIpc) is 2.80. The molecular weight excluding hydrogens is 354 g/mol. The lowest BCUT2D eigenvalue weighted by Crippen LogP contribution is -2.32. The van der Waals surface area contributed by atoms with Gasteiger partial charge in [-0.3, -0.25) is 0 Å². The summed E-state index contributed by atoms with van der Waals surface area (Å²) < 4.78 is 0. The molecule has 0 aliphatic carbocycles. The Kier molecular flexibility index (Phi) is 6.81. The first-order valence-electron chi connectivity index (χ1n) is 9.55. The molecule has 0 aliphatic heterocycles. The molecule has 2 heteroatoms. The van der Waals surface area contributed by atoms with Gasteiger partial charge in [-0.2, -0.15) is 5.26 Å². The summed E-state index contributed by atoms with van der Waals surface area (Å²) in [7, 11) is 0. The molecule has 4 aromatic carbocycles. The quantitative estimate of drug-likeness (QED) is 0.337. The van der Waals surface area contributed by atoms with Crippen LogP contribution in [-0.2, 0) is 11.8 Å². The van der Waals surface area contributed by atoms with E-state index in [1.54, 1.807) is 0 Å². The molecule has 4 rings (SSSR count). The number of nitriles is 1. The molecule has 0 atom stereocenters. The van der Waals surface area contributed by atoms with E-state index in [1.807, 2.05) is 0 Å². The standard InChI is InChI=1S/C26H22.CHNO/c1-5-13-22(14-6-1)21-26(23-15-7-2-8-16-23,24-17-9-3-10-18-24)25-19-11-4-12-20-25;2-1-3/h1-20H,21H2;3H. The summed E-state index contributed by atoms with van der Waals surface area (Å²) in [6.07, 6.45) is 1.67. The molecular formula is C27H23NO. The van der Waals surface area contributed by atoms with Crippen molar-refractivity contribution in [2.24, 2.45) is 0 Å². The van der Waals surface area contributed by atoms with Crippen LogP contribution in [0.3, 0.4) is 0 Å². The van der Waals surface area contributed by atoms with Crippen LogP contribution in [0.25, 0.3) is 0 Å². The average molecular weight is 377 g/mol. The maximum absolute atomic E-state index is 6.88. The van der Waals surface area contributed by atoms with Crippen molar-refractivity contribution in [3.05, 3.63) is 144 Å². The molecule has 0 amide bonds. The number of nitrogens with zero attached hydrogens (tertiary/aromatic N) is 1. The minimum absolute atomic E-state index is 0.217. The largest absolute Gasteiger partial charge is 0.443 e. The van der Waals surface area contributed by atoms with Gasteiger partial charge >= 0.3 is 0 Å². The molecule has 29 heavy (non-hydrogen) atoms. The molecule has 142 valence electrons. The molecule has 1 N–H and O–H groups in total. The SMILES string of the molecule is N#CO.c1ccc(CC(c2ccccc2)(c2ccccc2)c2ccccc2)cc1. The lowest BCUT2D eigenvalue weighted by Gasteiger charge is -2.36. The highest BCUT2D eigenvalue weighted by Crippen LogP contribution is 2.41. The Bertz CT molecular complexity index is 927. The minimum Gasteiger partial charge on any atom is -0.443 e. The maximum Gasteiger partial charge on any atom is 0.283 e. The number of rotatable bonds is 5. The predicted octanol–water partition coefficient (Wildman–Crippen LogP) is 6.10.